The van der Waals surface area contributed by atoms with Crippen molar-refractivity contribution in [3.8, 4) is 0 Å². The minimum atomic E-state index is 0.0542. The molecule has 0 bridgehead atoms. The van der Waals surface area contributed by atoms with Crippen LogP contribution < -0.4 is 0 Å². The van der Waals surface area contributed by atoms with Crippen molar-refractivity contribution in [3.63, 3.8) is 0 Å². The Morgan fingerprint density at radius 2 is 2.12 bits per heavy atom. The Balaban J connectivity index is 2.90. The molecule has 1 aromatic carbocycles. The number of hydrogen-bond acceptors (Lipinski definition) is 1. The zero-order valence-corrected chi connectivity index (χ0v) is 12.7. The second-order valence-corrected chi connectivity index (χ2v) is 5.63. The largest absolute Gasteiger partial charge is 0.339 e. The lowest BCUT2D eigenvalue weighted by molar-refractivity contribution is 0.0745. The van der Waals surface area contributed by atoms with E-state index in [9.17, 15) is 4.79 Å². The second kappa shape index (κ2) is 6.41. The van der Waals surface area contributed by atoms with Gasteiger partial charge in [0, 0.05) is 23.1 Å². The van der Waals surface area contributed by atoms with Crippen LogP contribution >= 0.6 is 27.5 Å². The van der Waals surface area contributed by atoms with Crippen LogP contribution in [0.2, 0.25) is 5.02 Å². The smallest absolute Gasteiger partial charge is 0.253 e. The van der Waals surface area contributed by atoms with Gasteiger partial charge in [-0.2, -0.15) is 0 Å². The highest BCUT2D eigenvalue weighted by Crippen LogP contribution is 2.24. The van der Waals surface area contributed by atoms with E-state index >= 15 is 0 Å². The standard InChI is InChI=1S/C13H17BrClNO/c1-4-16(8-9(2)3)13(17)10-5-6-12(15)11(14)7-10/h5-7,9H,4,8H2,1-3H3. The Bertz CT molecular complexity index is 406. The predicted molar refractivity (Wildman–Crippen MR) is 75.6 cm³/mol. The predicted octanol–water partition coefficient (Wildman–Crippen LogP) is 4.22. The van der Waals surface area contributed by atoms with Gasteiger partial charge in [0.2, 0.25) is 0 Å². The van der Waals surface area contributed by atoms with Crippen LogP contribution in [-0.2, 0) is 0 Å². The van der Waals surface area contributed by atoms with Gasteiger partial charge < -0.3 is 4.90 Å². The van der Waals surface area contributed by atoms with Crippen molar-refractivity contribution >= 4 is 33.4 Å². The second-order valence-electron chi connectivity index (χ2n) is 4.37. The quantitative estimate of drug-likeness (QED) is 0.814. The van der Waals surface area contributed by atoms with Gasteiger partial charge in [-0.3, -0.25) is 4.79 Å². The third kappa shape index (κ3) is 4.00. The van der Waals surface area contributed by atoms with E-state index in [1.165, 1.54) is 0 Å². The van der Waals surface area contributed by atoms with Crippen molar-refractivity contribution in [2.75, 3.05) is 13.1 Å². The Hall–Kier alpha value is -0.540. The molecule has 2 nitrogen and oxygen atoms in total. The summed E-state index contributed by atoms with van der Waals surface area (Å²) in [6.45, 7) is 7.69. The summed E-state index contributed by atoms with van der Waals surface area (Å²) >= 11 is 9.24. The third-order valence-corrected chi connectivity index (χ3v) is 3.63. The summed E-state index contributed by atoms with van der Waals surface area (Å²) in [6, 6.07) is 5.27. The molecule has 0 saturated heterocycles. The van der Waals surface area contributed by atoms with E-state index in [0.29, 0.717) is 16.5 Å². The Labute approximate surface area is 116 Å². The lowest BCUT2D eigenvalue weighted by Gasteiger charge is -2.23. The SMILES string of the molecule is CCN(CC(C)C)C(=O)c1ccc(Cl)c(Br)c1. The molecule has 1 aromatic rings. The minimum Gasteiger partial charge on any atom is -0.339 e. The van der Waals surface area contributed by atoms with E-state index in [0.717, 1.165) is 17.6 Å². The molecule has 0 atom stereocenters. The maximum absolute atomic E-state index is 12.2. The van der Waals surface area contributed by atoms with E-state index in [2.05, 4.69) is 29.8 Å². The highest BCUT2D eigenvalue weighted by molar-refractivity contribution is 9.10. The van der Waals surface area contributed by atoms with Gasteiger partial charge in [0.15, 0.2) is 0 Å². The highest BCUT2D eigenvalue weighted by atomic mass is 79.9. The molecule has 94 valence electrons. The first-order valence-corrected chi connectivity index (χ1v) is 6.87. The van der Waals surface area contributed by atoms with Crippen LogP contribution in [0.4, 0.5) is 0 Å². The molecule has 0 aliphatic rings. The van der Waals surface area contributed by atoms with Crippen molar-refractivity contribution < 1.29 is 4.79 Å². The monoisotopic (exact) mass is 317 g/mol. The summed E-state index contributed by atoms with van der Waals surface area (Å²) in [4.78, 5) is 14.1. The van der Waals surface area contributed by atoms with Crippen LogP contribution in [0.25, 0.3) is 0 Å². The van der Waals surface area contributed by atoms with E-state index in [1.54, 1.807) is 18.2 Å². The number of carbonyl (C=O) groups excluding carboxylic acids is 1. The molecule has 0 fully saturated rings. The van der Waals surface area contributed by atoms with Gasteiger partial charge in [0.05, 0.1) is 5.02 Å². The third-order valence-electron chi connectivity index (χ3n) is 2.42. The van der Waals surface area contributed by atoms with E-state index < -0.39 is 0 Å². The molecule has 0 aliphatic heterocycles. The van der Waals surface area contributed by atoms with Crippen molar-refractivity contribution in [2.45, 2.75) is 20.8 Å². The fourth-order valence-electron chi connectivity index (χ4n) is 1.61. The van der Waals surface area contributed by atoms with Gasteiger partial charge in [0.25, 0.3) is 5.91 Å². The van der Waals surface area contributed by atoms with Gasteiger partial charge in [-0.05, 0) is 47.0 Å². The van der Waals surface area contributed by atoms with Crippen molar-refractivity contribution in [3.05, 3.63) is 33.3 Å². The maximum atomic E-state index is 12.2. The molecular weight excluding hydrogens is 302 g/mol. The fraction of sp³-hybridized carbons (Fsp3) is 0.462. The zero-order valence-electron chi connectivity index (χ0n) is 10.3. The molecule has 0 unspecified atom stereocenters. The van der Waals surface area contributed by atoms with Crippen LogP contribution in [0.3, 0.4) is 0 Å². The van der Waals surface area contributed by atoms with Crippen LogP contribution in [0, 0.1) is 5.92 Å². The summed E-state index contributed by atoms with van der Waals surface area (Å²) in [7, 11) is 0. The molecule has 0 spiro atoms. The molecule has 17 heavy (non-hydrogen) atoms. The van der Waals surface area contributed by atoms with Gasteiger partial charge in [0.1, 0.15) is 0 Å². The normalized spacial score (nSPS) is 10.7. The van der Waals surface area contributed by atoms with Crippen molar-refractivity contribution in [1.29, 1.82) is 0 Å². The number of hydrogen-bond donors (Lipinski definition) is 0. The molecule has 0 aromatic heterocycles. The Morgan fingerprint density at radius 3 is 2.59 bits per heavy atom. The van der Waals surface area contributed by atoms with Gasteiger partial charge in [-0.25, -0.2) is 0 Å². The first kappa shape index (κ1) is 14.5. The number of carbonyl (C=O) groups is 1. The van der Waals surface area contributed by atoms with Crippen LogP contribution in [0.1, 0.15) is 31.1 Å². The molecule has 0 aliphatic carbocycles. The zero-order chi connectivity index (χ0) is 13.0. The van der Waals surface area contributed by atoms with E-state index in [1.807, 2.05) is 11.8 Å². The summed E-state index contributed by atoms with van der Waals surface area (Å²) in [5, 5.41) is 0.619. The van der Waals surface area contributed by atoms with Gasteiger partial charge in [-0.1, -0.05) is 25.4 Å². The molecule has 1 amide bonds. The average Bonchev–Trinajstić information content (AvgIpc) is 2.28. The molecule has 0 N–H and O–H groups in total. The first-order valence-electron chi connectivity index (χ1n) is 5.70. The van der Waals surface area contributed by atoms with Gasteiger partial charge in [-0.15, -0.1) is 0 Å². The molecular formula is C13H17BrClNO. The highest BCUT2D eigenvalue weighted by Gasteiger charge is 2.15. The van der Waals surface area contributed by atoms with Crippen molar-refractivity contribution in [2.24, 2.45) is 5.92 Å². The van der Waals surface area contributed by atoms with Crippen LogP contribution in [0.15, 0.2) is 22.7 Å². The Kier molecular flexibility index (Phi) is 5.47. The first-order chi connectivity index (χ1) is 7.95. The van der Waals surface area contributed by atoms with E-state index in [-0.39, 0.29) is 5.91 Å². The average molecular weight is 319 g/mol. The number of rotatable bonds is 4. The fourth-order valence-corrected chi connectivity index (χ4v) is 2.10. The number of benzene rings is 1. The number of halogens is 2. The summed E-state index contributed by atoms with van der Waals surface area (Å²) in [5.41, 5.74) is 0.670. The van der Waals surface area contributed by atoms with Crippen LogP contribution in [0.5, 0.6) is 0 Å². The lowest BCUT2D eigenvalue weighted by atomic mass is 10.1. The molecule has 1 rings (SSSR count). The molecule has 0 radical (unpaired) electrons. The minimum absolute atomic E-state index is 0.0542. The van der Waals surface area contributed by atoms with Crippen LogP contribution in [-0.4, -0.2) is 23.9 Å². The lowest BCUT2D eigenvalue weighted by Crippen LogP contribution is -2.33. The number of nitrogens with zero attached hydrogens (tertiary/aromatic N) is 1. The summed E-state index contributed by atoms with van der Waals surface area (Å²) < 4.78 is 0.755. The molecule has 4 heteroatoms. The molecule has 0 saturated carbocycles. The summed E-state index contributed by atoms with van der Waals surface area (Å²) in [5.74, 6) is 0.521. The van der Waals surface area contributed by atoms with E-state index in [4.69, 9.17) is 11.6 Å². The van der Waals surface area contributed by atoms with Crippen molar-refractivity contribution in [1.82, 2.24) is 4.90 Å². The Morgan fingerprint density at radius 1 is 1.47 bits per heavy atom. The number of amides is 1. The van der Waals surface area contributed by atoms with Gasteiger partial charge >= 0.3 is 0 Å². The summed E-state index contributed by atoms with van der Waals surface area (Å²) in [6.07, 6.45) is 0. The maximum Gasteiger partial charge on any atom is 0.253 e. The topological polar surface area (TPSA) is 20.3 Å². The molecule has 0 heterocycles.